The van der Waals surface area contributed by atoms with Crippen LogP contribution >= 0.6 is 0 Å². The molecule has 1 aromatic rings. The number of halogens is 2. The van der Waals surface area contributed by atoms with Gasteiger partial charge in [0.05, 0.1) is 14.2 Å². The van der Waals surface area contributed by atoms with Crippen molar-refractivity contribution in [2.24, 2.45) is 0 Å². The number of benzene rings is 1. The fourth-order valence-corrected chi connectivity index (χ4v) is 1.29. The molecule has 0 spiro atoms. The van der Waals surface area contributed by atoms with Crippen LogP contribution in [0.5, 0.6) is 11.5 Å². The van der Waals surface area contributed by atoms with Gasteiger partial charge >= 0.3 is 5.92 Å². The van der Waals surface area contributed by atoms with Gasteiger partial charge in [-0.05, 0) is 12.1 Å². The van der Waals surface area contributed by atoms with Gasteiger partial charge in [0.2, 0.25) is 0 Å². The number of hydrogen-bond acceptors (Lipinski definition) is 3. The maximum absolute atomic E-state index is 13.4. The summed E-state index contributed by atoms with van der Waals surface area (Å²) >= 11 is 0. The van der Waals surface area contributed by atoms with Crippen LogP contribution in [0.4, 0.5) is 8.78 Å². The molecule has 0 amide bonds. The molecule has 1 rings (SSSR count). The maximum atomic E-state index is 13.4. The smallest absolute Gasteiger partial charge is 0.302 e. The van der Waals surface area contributed by atoms with E-state index >= 15 is 0 Å². The fraction of sp³-hybridized carbons (Fsp3) is 0.400. The number of aliphatic hydroxyl groups is 1. The SMILES string of the molecule is COc1cccc(OC)c1C(F)(F)CO. The Labute approximate surface area is 86.2 Å². The molecule has 0 heterocycles. The highest BCUT2D eigenvalue weighted by Gasteiger charge is 2.37. The van der Waals surface area contributed by atoms with Crippen LogP contribution in [0.25, 0.3) is 0 Å². The summed E-state index contributed by atoms with van der Waals surface area (Å²) < 4.78 is 36.3. The van der Waals surface area contributed by atoms with Crippen molar-refractivity contribution < 1.29 is 23.4 Å². The van der Waals surface area contributed by atoms with Gasteiger partial charge in [-0.15, -0.1) is 0 Å². The topological polar surface area (TPSA) is 38.7 Å². The molecule has 5 heteroatoms. The van der Waals surface area contributed by atoms with Crippen molar-refractivity contribution in [2.75, 3.05) is 20.8 Å². The maximum Gasteiger partial charge on any atom is 0.302 e. The second-order valence-electron chi connectivity index (χ2n) is 2.90. The van der Waals surface area contributed by atoms with E-state index < -0.39 is 18.1 Å². The number of rotatable bonds is 4. The lowest BCUT2D eigenvalue weighted by Gasteiger charge is -2.19. The van der Waals surface area contributed by atoms with E-state index in [0.717, 1.165) is 0 Å². The van der Waals surface area contributed by atoms with Crippen LogP contribution < -0.4 is 9.47 Å². The number of ether oxygens (including phenoxy) is 2. The molecule has 0 aliphatic carbocycles. The zero-order valence-corrected chi connectivity index (χ0v) is 8.46. The third kappa shape index (κ3) is 2.18. The average Bonchev–Trinajstić information content (AvgIpc) is 2.27. The molecule has 0 atom stereocenters. The molecule has 0 aromatic heterocycles. The third-order valence-electron chi connectivity index (χ3n) is 1.99. The van der Waals surface area contributed by atoms with Crippen LogP contribution in [0, 0.1) is 0 Å². The Morgan fingerprint density at radius 2 is 1.67 bits per heavy atom. The van der Waals surface area contributed by atoms with Crippen molar-refractivity contribution in [2.45, 2.75) is 5.92 Å². The largest absolute Gasteiger partial charge is 0.496 e. The highest BCUT2D eigenvalue weighted by molar-refractivity contribution is 5.47. The van der Waals surface area contributed by atoms with Crippen LogP contribution in [0.1, 0.15) is 5.56 Å². The molecule has 15 heavy (non-hydrogen) atoms. The highest BCUT2D eigenvalue weighted by atomic mass is 19.3. The van der Waals surface area contributed by atoms with Crippen molar-refractivity contribution in [3.05, 3.63) is 23.8 Å². The van der Waals surface area contributed by atoms with Crippen LogP contribution in [0.15, 0.2) is 18.2 Å². The molecule has 0 aliphatic heterocycles. The van der Waals surface area contributed by atoms with Gasteiger partial charge in [-0.1, -0.05) is 6.07 Å². The van der Waals surface area contributed by atoms with Crippen LogP contribution in [0.3, 0.4) is 0 Å². The minimum atomic E-state index is -3.38. The van der Waals surface area contributed by atoms with Crippen molar-refractivity contribution in [1.29, 1.82) is 0 Å². The van der Waals surface area contributed by atoms with Crippen molar-refractivity contribution in [3.8, 4) is 11.5 Å². The molecule has 0 bridgehead atoms. The number of aliphatic hydroxyl groups excluding tert-OH is 1. The Morgan fingerprint density at radius 1 is 1.20 bits per heavy atom. The minimum absolute atomic E-state index is 0.00611. The van der Waals surface area contributed by atoms with Crippen LogP contribution in [-0.2, 0) is 5.92 Å². The lowest BCUT2D eigenvalue weighted by molar-refractivity contribution is -0.0586. The first-order valence-electron chi connectivity index (χ1n) is 4.27. The summed E-state index contributed by atoms with van der Waals surface area (Å²) in [4.78, 5) is 0. The Kier molecular flexibility index (Phi) is 3.47. The zero-order valence-electron chi connectivity index (χ0n) is 8.46. The van der Waals surface area contributed by atoms with E-state index in [1.807, 2.05) is 0 Å². The molecular weight excluding hydrogens is 206 g/mol. The molecule has 0 unspecified atom stereocenters. The summed E-state index contributed by atoms with van der Waals surface area (Å²) in [5.41, 5.74) is -0.433. The van der Waals surface area contributed by atoms with Crippen LogP contribution in [0.2, 0.25) is 0 Å². The highest BCUT2D eigenvalue weighted by Crippen LogP contribution is 2.40. The Bertz CT molecular complexity index is 317. The number of hydrogen-bond donors (Lipinski definition) is 1. The Hall–Kier alpha value is -1.36. The lowest BCUT2D eigenvalue weighted by atomic mass is 10.1. The van der Waals surface area contributed by atoms with E-state index in [0.29, 0.717) is 0 Å². The molecule has 1 aromatic carbocycles. The molecule has 0 fully saturated rings. The first-order valence-corrected chi connectivity index (χ1v) is 4.27. The molecule has 84 valence electrons. The van der Waals surface area contributed by atoms with Gasteiger partial charge in [0, 0.05) is 0 Å². The normalized spacial score (nSPS) is 11.3. The molecular formula is C10H12F2O3. The summed E-state index contributed by atoms with van der Waals surface area (Å²) in [5.74, 6) is -3.39. The second-order valence-corrected chi connectivity index (χ2v) is 2.90. The Morgan fingerprint density at radius 3 is 2.00 bits per heavy atom. The van der Waals surface area contributed by atoms with Gasteiger partial charge in [0.1, 0.15) is 23.7 Å². The van der Waals surface area contributed by atoms with E-state index in [-0.39, 0.29) is 11.5 Å². The lowest BCUT2D eigenvalue weighted by Crippen LogP contribution is -2.20. The predicted octanol–water partition coefficient (Wildman–Crippen LogP) is 1.79. The van der Waals surface area contributed by atoms with Gasteiger partial charge in [-0.3, -0.25) is 0 Å². The first-order chi connectivity index (χ1) is 7.06. The van der Waals surface area contributed by atoms with E-state index in [1.165, 1.54) is 32.4 Å². The van der Waals surface area contributed by atoms with Crippen molar-refractivity contribution in [1.82, 2.24) is 0 Å². The zero-order chi connectivity index (χ0) is 11.5. The van der Waals surface area contributed by atoms with Gasteiger partial charge in [0.25, 0.3) is 0 Å². The molecule has 1 N–H and O–H groups in total. The summed E-state index contributed by atoms with van der Waals surface area (Å²) in [7, 11) is 2.57. The van der Waals surface area contributed by atoms with Gasteiger partial charge in [0.15, 0.2) is 0 Å². The summed E-state index contributed by atoms with van der Waals surface area (Å²) in [5, 5.41) is 8.63. The monoisotopic (exact) mass is 218 g/mol. The predicted molar refractivity (Wildman–Crippen MR) is 50.5 cm³/mol. The van der Waals surface area contributed by atoms with Gasteiger partial charge in [-0.2, -0.15) is 8.78 Å². The quantitative estimate of drug-likeness (QED) is 0.837. The summed E-state index contributed by atoms with van der Waals surface area (Å²) in [6, 6.07) is 4.32. The van der Waals surface area contributed by atoms with E-state index in [9.17, 15) is 8.78 Å². The molecule has 0 saturated carbocycles. The average molecular weight is 218 g/mol. The fourth-order valence-electron chi connectivity index (χ4n) is 1.29. The summed E-state index contributed by atoms with van der Waals surface area (Å²) in [6.45, 7) is -1.29. The van der Waals surface area contributed by atoms with Crippen molar-refractivity contribution >= 4 is 0 Å². The third-order valence-corrected chi connectivity index (χ3v) is 1.99. The minimum Gasteiger partial charge on any atom is -0.496 e. The second kappa shape index (κ2) is 4.44. The molecule has 0 saturated heterocycles. The Balaban J connectivity index is 3.34. The van der Waals surface area contributed by atoms with Crippen molar-refractivity contribution in [3.63, 3.8) is 0 Å². The summed E-state index contributed by atoms with van der Waals surface area (Å²) in [6.07, 6.45) is 0. The van der Waals surface area contributed by atoms with E-state index in [4.69, 9.17) is 14.6 Å². The first kappa shape index (κ1) is 11.7. The van der Waals surface area contributed by atoms with E-state index in [1.54, 1.807) is 0 Å². The standard InChI is InChI=1S/C10H12F2O3/c1-14-7-4-3-5-8(15-2)9(7)10(11,12)6-13/h3-5,13H,6H2,1-2H3. The van der Waals surface area contributed by atoms with Gasteiger partial charge < -0.3 is 14.6 Å². The number of alkyl halides is 2. The van der Waals surface area contributed by atoms with Gasteiger partial charge in [-0.25, -0.2) is 0 Å². The van der Waals surface area contributed by atoms with E-state index in [2.05, 4.69) is 0 Å². The molecule has 3 nitrogen and oxygen atoms in total. The molecule has 0 radical (unpaired) electrons. The molecule has 0 aliphatic rings. The number of methoxy groups -OCH3 is 2. The van der Waals surface area contributed by atoms with Crippen LogP contribution in [-0.4, -0.2) is 25.9 Å².